The largest absolute Gasteiger partial charge is 0.363 e. The topological polar surface area (TPSA) is 74.0 Å². The summed E-state index contributed by atoms with van der Waals surface area (Å²) in [6.45, 7) is 0.494. The summed E-state index contributed by atoms with van der Waals surface area (Å²) in [6, 6.07) is 3.44. The van der Waals surface area contributed by atoms with Crippen molar-refractivity contribution in [2.24, 2.45) is 0 Å². The zero-order chi connectivity index (χ0) is 15.6. The minimum atomic E-state index is -3.87. The maximum absolute atomic E-state index is 13.1. The Hall–Kier alpha value is -1.28. The van der Waals surface area contributed by atoms with Gasteiger partial charge in [0, 0.05) is 18.4 Å². The summed E-state index contributed by atoms with van der Waals surface area (Å²) in [4.78, 5) is 2.86. The Labute approximate surface area is 131 Å². The van der Waals surface area contributed by atoms with Crippen molar-refractivity contribution < 1.29 is 12.8 Å². The first-order valence-corrected chi connectivity index (χ1v) is 8.06. The number of rotatable bonds is 5. The molecule has 0 spiro atoms. The average molecular weight is 352 g/mol. The third-order valence-electron chi connectivity index (χ3n) is 2.64. The van der Waals surface area contributed by atoms with Gasteiger partial charge >= 0.3 is 0 Å². The molecule has 1 aromatic carbocycles. The maximum Gasteiger partial charge on any atom is 0.263 e. The van der Waals surface area contributed by atoms with Gasteiger partial charge < -0.3 is 10.3 Å². The van der Waals surface area contributed by atoms with Gasteiger partial charge in [0.05, 0.1) is 15.7 Å². The van der Waals surface area contributed by atoms with E-state index in [9.17, 15) is 12.8 Å². The summed E-state index contributed by atoms with van der Waals surface area (Å²) < 4.78 is 39.8. The predicted molar refractivity (Wildman–Crippen MR) is 80.8 cm³/mol. The number of sulfonamides is 1. The Morgan fingerprint density at radius 2 is 1.86 bits per heavy atom. The number of aromatic amines is 1. The van der Waals surface area contributed by atoms with Crippen molar-refractivity contribution in [2.45, 2.75) is 11.4 Å². The highest BCUT2D eigenvalue weighted by Crippen LogP contribution is 2.33. The molecular weight excluding hydrogens is 340 g/mol. The molecule has 5 nitrogen and oxygen atoms in total. The van der Waals surface area contributed by atoms with Crippen molar-refractivity contribution in [1.82, 2.24) is 10.3 Å². The van der Waals surface area contributed by atoms with Crippen LogP contribution in [0.3, 0.4) is 0 Å². The molecule has 0 aliphatic rings. The monoisotopic (exact) mass is 351 g/mol. The Morgan fingerprint density at radius 3 is 2.43 bits per heavy atom. The lowest BCUT2D eigenvalue weighted by Crippen LogP contribution is -2.13. The number of anilines is 1. The zero-order valence-corrected chi connectivity index (χ0v) is 13.2. The normalized spacial score (nSPS) is 11.6. The van der Waals surface area contributed by atoms with Crippen LogP contribution in [0.15, 0.2) is 29.3 Å². The van der Waals surface area contributed by atoms with Crippen LogP contribution >= 0.6 is 23.2 Å². The molecule has 3 N–H and O–H groups in total. The van der Waals surface area contributed by atoms with Crippen LogP contribution in [0.2, 0.25) is 10.0 Å². The Bertz CT molecular complexity index is 739. The summed E-state index contributed by atoms with van der Waals surface area (Å²) in [7, 11) is -2.13. The van der Waals surface area contributed by atoms with Crippen LogP contribution in [0.5, 0.6) is 0 Å². The zero-order valence-electron chi connectivity index (χ0n) is 10.9. The number of hydrogen-bond acceptors (Lipinski definition) is 3. The number of nitrogens with one attached hydrogen (secondary N) is 3. The lowest BCUT2D eigenvalue weighted by Gasteiger charge is -2.10. The number of benzene rings is 1. The van der Waals surface area contributed by atoms with Crippen LogP contribution in [0.1, 0.15) is 5.69 Å². The van der Waals surface area contributed by atoms with Gasteiger partial charge in [0.2, 0.25) is 0 Å². The highest BCUT2D eigenvalue weighted by atomic mass is 35.5. The van der Waals surface area contributed by atoms with Gasteiger partial charge in [-0.3, -0.25) is 4.72 Å². The van der Waals surface area contributed by atoms with E-state index in [4.69, 9.17) is 23.2 Å². The van der Waals surface area contributed by atoms with Gasteiger partial charge in [-0.2, -0.15) is 0 Å². The lowest BCUT2D eigenvalue weighted by atomic mass is 10.3. The van der Waals surface area contributed by atoms with E-state index in [1.165, 1.54) is 12.3 Å². The van der Waals surface area contributed by atoms with Crippen molar-refractivity contribution in [2.75, 3.05) is 11.8 Å². The molecule has 0 bridgehead atoms. The highest BCUT2D eigenvalue weighted by Gasteiger charge is 2.20. The van der Waals surface area contributed by atoms with E-state index in [2.05, 4.69) is 15.0 Å². The summed E-state index contributed by atoms with van der Waals surface area (Å²) in [6.07, 6.45) is 1.35. The molecule has 1 aromatic heterocycles. The quantitative estimate of drug-likeness (QED) is 0.775. The first-order chi connectivity index (χ1) is 9.83. The molecule has 0 unspecified atom stereocenters. The molecule has 0 fully saturated rings. The predicted octanol–water partition coefficient (Wildman–Crippen LogP) is 2.98. The van der Waals surface area contributed by atoms with Gasteiger partial charge in [-0.25, -0.2) is 12.8 Å². The van der Waals surface area contributed by atoms with Crippen molar-refractivity contribution in [3.8, 4) is 0 Å². The average Bonchev–Trinajstić information content (AvgIpc) is 2.84. The van der Waals surface area contributed by atoms with Crippen molar-refractivity contribution in [3.05, 3.63) is 46.0 Å². The Balaban J connectivity index is 2.33. The number of H-pyrrole nitrogens is 1. The molecule has 0 amide bonds. The first-order valence-electron chi connectivity index (χ1n) is 5.83. The molecule has 114 valence electrons. The van der Waals surface area contributed by atoms with Crippen LogP contribution < -0.4 is 10.0 Å². The van der Waals surface area contributed by atoms with Crippen molar-refractivity contribution >= 4 is 38.9 Å². The van der Waals surface area contributed by atoms with Gasteiger partial charge in [-0.15, -0.1) is 0 Å². The molecule has 0 atom stereocenters. The van der Waals surface area contributed by atoms with Crippen molar-refractivity contribution in [1.29, 1.82) is 0 Å². The van der Waals surface area contributed by atoms with E-state index in [0.29, 0.717) is 12.2 Å². The summed E-state index contributed by atoms with van der Waals surface area (Å²) >= 11 is 11.6. The molecule has 0 saturated carbocycles. The molecule has 9 heteroatoms. The van der Waals surface area contributed by atoms with Crippen LogP contribution in [0.25, 0.3) is 0 Å². The molecule has 0 aliphatic heterocycles. The van der Waals surface area contributed by atoms with Gasteiger partial charge in [0.1, 0.15) is 10.7 Å². The number of aromatic nitrogens is 1. The standard InChI is InChI=1S/C12H12Cl2FN3O2S/c1-16-5-8-4-9(6-17-8)21(19,20)18-12-10(13)2-7(15)3-11(12)14/h2-4,6,16-18H,5H2,1H3. The molecule has 0 radical (unpaired) electrons. The number of hydrogen-bond donors (Lipinski definition) is 3. The van der Waals surface area contributed by atoms with E-state index in [1.807, 2.05) is 0 Å². The highest BCUT2D eigenvalue weighted by molar-refractivity contribution is 7.92. The maximum atomic E-state index is 13.1. The van der Waals surface area contributed by atoms with Crippen molar-refractivity contribution in [3.63, 3.8) is 0 Å². The summed E-state index contributed by atoms with van der Waals surface area (Å²) in [5.74, 6) is -0.647. The summed E-state index contributed by atoms with van der Waals surface area (Å²) in [5, 5.41) is 2.66. The van der Waals surface area contributed by atoms with Gasteiger partial charge in [0.15, 0.2) is 0 Å². The molecular formula is C12H12Cl2FN3O2S. The first kappa shape index (κ1) is 16.1. The fourth-order valence-electron chi connectivity index (χ4n) is 1.70. The third kappa shape index (κ3) is 3.68. The minimum Gasteiger partial charge on any atom is -0.363 e. The smallest absolute Gasteiger partial charge is 0.263 e. The van der Waals surface area contributed by atoms with Gasteiger partial charge in [-0.05, 0) is 25.2 Å². The summed E-state index contributed by atoms with van der Waals surface area (Å²) in [5.41, 5.74) is 0.644. The fraction of sp³-hybridized carbons (Fsp3) is 0.167. The van der Waals surface area contributed by atoms with E-state index < -0.39 is 15.8 Å². The molecule has 2 rings (SSSR count). The van der Waals surface area contributed by atoms with Crippen LogP contribution in [-0.2, 0) is 16.6 Å². The third-order valence-corrected chi connectivity index (χ3v) is 4.56. The molecule has 21 heavy (non-hydrogen) atoms. The van der Waals surface area contributed by atoms with Crippen LogP contribution in [-0.4, -0.2) is 20.4 Å². The van der Waals surface area contributed by atoms with Crippen LogP contribution in [0, 0.1) is 5.82 Å². The molecule has 1 heterocycles. The number of halogens is 3. The second-order valence-electron chi connectivity index (χ2n) is 4.24. The molecule has 0 aliphatic carbocycles. The molecule has 0 saturated heterocycles. The van der Waals surface area contributed by atoms with E-state index >= 15 is 0 Å². The SMILES string of the molecule is CNCc1cc(S(=O)(=O)Nc2c(Cl)cc(F)cc2Cl)c[nH]1. The minimum absolute atomic E-state index is 0.0317. The fourth-order valence-corrected chi connectivity index (χ4v) is 3.48. The van der Waals surface area contributed by atoms with Gasteiger partial charge in [-0.1, -0.05) is 23.2 Å². The Morgan fingerprint density at radius 1 is 1.24 bits per heavy atom. The second kappa shape index (κ2) is 6.23. The van der Waals surface area contributed by atoms with Crippen LogP contribution in [0.4, 0.5) is 10.1 Å². The van der Waals surface area contributed by atoms with E-state index in [1.54, 1.807) is 7.05 Å². The van der Waals surface area contributed by atoms with E-state index in [0.717, 1.165) is 12.1 Å². The molecule has 2 aromatic rings. The second-order valence-corrected chi connectivity index (χ2v) is 6.74. The Kier molecular flexibility index (Phi) is 4.77. The lowest BCUT2D eigenvalue weighted by molar-refractivity contribution is 0.601. The van der Waals surface area contributed by atoms with Gasteiger partial charge in [0.25, 0.3) is 10.0 Å². The van der Waals surface area contributed by atoms with E-state index in [-0.39, 0.29) is 20.6 Å².